The molecule has 0 radical (unpaired) electrons. The molecule has 5 heteroatoms. The Balaban J connectivity index is 1.17. The van der Waals surface area contributed by atoms with E-state index in [9.17, 15) is 0 Å². The number of benzene rings is 8. The predicted molar refractivity (Wildman–Crippen MR) is 229 cm³/mol. The first-order valence-electron chi connectivity index (χ1n) is 18.5. The second kappa shape index (κ2) is 13.8. The van der Waals surface area contributed by atoms with Gasteiger partial charge in [-0.15, -0.1) is 0 Å². The number of aromatic nitrogens is 3. The van der Waals surface area contributed by atoms with Crippen molar-refractivity contribution >= 4 is 66.8 Å². The first-order chi connectivity index (χ1) is 27.3. The Hall–Kier alpha value is -7.50. The summed E-state index contributed by atoms with van der Waals surface area (Å²) in [6.45, 7) is 0. The van der Waals surface area contributed by atoms with E-state index in [1.165, 1.54) is 0 Å². The summed E-state index contributed by atoms with van der Waals surface area (Å²) in [4.78, 5) is 14.2. The van der Waals surface area contributed by atoms with Crippen LogP contribution >= 0.6 is 0 Å². The Morgan fingerprint density at radius 3 is 1.29 bits per heavy atom. The average Bonchev–Trinajstić information content (AvgIpc) is 3.58. The van der Waals surface area contributed by atoms with Crippen LogP contribution in [0.5, 0.6) is 0 Å². The topological polar surface area (TPSA) is 37.2 Å². The Morgan fingerprint density at radius 2 is 0.818 bits per heavy atom. The molecule has 5 nitrogen and oxygen atoms in total. The van der Waals surface area contributed by atoms with Crippen molar-refractivity contribution in [1.82, 2.24) is 14.5 Å². The van der Waals surface area contributed by atoms with Gasteiger partial charge in [-0.05, 0) is 115 Å². The highest BCUT2D eigenvalue weighted by Gasteiger charge is 2.20. The van der Waals surface area contributed by atoms with Crippen LogP contribution in [-0.4, -0.2) is 14.5 Å². The van der Waals surface area contributed by atoms with Gasteiger partial charge in [-0.3, -0.25) is 0 Å². The van der Waals surface area contributed by atoms with Crippen molar-refractivity contribution in [3.63, 3.8) is 0 Å². The molecule has 2 aromatic heterocycles. The molecule has 0 unspecified atom stereocenters. The molecule has 0 N–H and O–H groups in total. The van der Waals surface area contributed by atoms with Crippen LogP contribution in [0.1, 0.15) is 0 Å². The summed E-state index contributed by atoms with van der Waals surface area (Å²) in [6, 6.07) is 72.7. The summed E-state index contributed by atoms with van der Waals surface area (Å²) in [7, 11) is 0. The van der Waals surface area contributed by atoms with E-state index in [0.29, 0.717) is 5.82 Å². The van der Waals surface area contributed by atoms with Crippen molar-refractivity contribution in [2.75, 3.05) is 9.80 Å². The fourth-order valence-electron chi connectivity index (χ4n) is 7.63. The molecule has 2 heterocycles. The van der Waals surface area contributed by atoms with Crippen molar-refractivity contribution < 1.29 is 0 Å². The minimum atomic E-state index is 0.714. The van der Waals surface area contributed by atoms with Gasteiger partial charge in [0.1, 0.15) is 0 Å². The van der Waals surface area contributed by atoms with Crippen LogP contribution < -0.4 is 9.80 Å². The Kier molecular flexibility index (Phi) is 8.08. The summed E-state index contributed by atoms with van der Waals surface area (Å²) in [5, 5.41) is 3.35. The van der Waals surface area contributed by atoms with Gasteiger partial charge in [0.25, 0.3) is 0 Å². The van der Waals surface area contributed by atoms with Gasteiger partial charge >= 0.3 is 0 Å². The standard InChI is InChI=1S/C50H35N5/c1-5-16-38(17-6-1)53(39-18-7-2-8-19-39)43-29-31-48-45(33-43)46-34-44(54(40-20-9-3-10-21-40)41-22-11-4-12-23-41)30-32-49(46)55(48)42-27-25-36(26-28-42)50-51-35-37-15-13-14-24-47(37)52-50/h1-35H. The molecule has 0 aliphatic heterocycles. The Bertz CT molecular complexity index is 2690. The van der Waals surface area contributed by atoms with Gasteiger partial charge in [0.15, 0.2) is 5.82 Å². The summed E-state index contributed by atoms with van der Waals surface area (Å²) in [5.41, 5.74) is 11.8. The molecule has 0 fully saturated rings. The monoisotopic (exact) mass is 705 g/mol. The van der Waals surface area contributed by atoms with Gasteiger partial charge in [0, 0.05) is 67.7 Å². The van der Waals surface area contributed by atoms with Crippen molar-refractivity contribution in [3.05, 3.63) is 212 Å². The summed E-state index contributed by atoms with van der Waals surface area (Å²) < 4.78 is 2.37. The molecule has 10 aromatic rings. The third-order valence-electron chi connectivity index (χ3n) is 10.2. The van der Waals surface area contributed by atoms with Crippen LogP contribution in [0.25, 0.3) is 49.8 Å². The zero-order valence-corrected chi connectivity index (χ0v) is 29.9. The van der Waals surface area contributed by atoms with Crippen LogP contribution in [0.3, 0.4) is 0 Å². The van der Waals surface area contributed by atoms with Gasteiger partial charge in [-0.25, -0.2) is 9.97 Å². The van der Waals surface area contributed by atoms with Crippen LogP contribution in [0, 0.1) is 0 Å². The Labute approximate surface area is 319 Å². The molecule has 0 aliphatic carbocycles. The SMILES string of the molecule is c1ccc(N(c2ccccc2)c2ccc3c(c2)c2cc(N(c4ccccc4)c4ccccc4)ccc2n3-c2ccc(-c3ncc4ccccc4n3)cc2)cc1. The van der Waals surface area contributed by atoms with E-state index >= 15 is 0 Å². The van der Waals surface area contributed by atoms with Crippen LogP contribution in [0.2, 0.25) is 0 Å². The van der Waals surface area contributed by atoms with Gasteiger partial charge in [-0.1, -0.05) is 91.0 Å². The van der Waals surface area contributed by atoms with Gasteiger partial charge in [0.05, 0.1) is 16.6 Å². The van der Waals surface area contributed by atoms with E-state index in [2.05, 4.69) is 196 Å². The number of rotatable bonds is 8. The molecule has 0 atom stereocenters. The average molecular weight is 706 g/mol. The molecule has 0 amide bonds. The minimum absolute atomic E-state index is 0.714. The van der Waals surface area contributed by atoms with Crippen LogP contribution in [0.4, 0.5) is 34.1 Å². The zero-order chi connectivity index (χ0) is 36.6. The lowest BCUT2D eigenvalue weighted by Gasteiger charge is -2.26. The third kappa shape index (κ3) is 5.94. The number of hydrogen-bond acceptors (Lipinski definition) is 4. The molecule has 10 rings (SSSR count). The van der Waals surface area contributed by atoms with E-state index in [4.69, 9.17) is 9.97 Å². The summed E-state index contributed by atoms with van der Waals surface area (Å²) >= 11 is 0. The number of nitrogens with zero attached hydrogens (tertiary/aromatic N) is 5. The zero-order valence-electron chi connectivity index (χ0n) is 29.9. The van der Waals surface area contributed by atoms with Crippen molar-refractivity contribution in [1.29, 1.82) is 0 Å². The lowest BCUT2D eigenvalue weighted by molar-refractivity contribution is 1.17. The molecule has 8 aromatic carbocycles. The number of anilines is 6. The van der Waals surface area contributed by atoms with Gasteiger partial charge in [-0.2, -0.15) is 0 Å². The molecule has 0 spiro atoms. The fraction of sp³-hybridized carbons (Fsp3) is 0. The molecule has 0 saturated heterocycles. The molecule has 55 heavy (non-hydrogen) atoms. The molecular weight excluding hydrogens is 671 g/mol. The lowest BCUT2D eigenvalue weighted by Crippen LogP contribution is -2.09. The minimum Gasteiger partial charge on any atom is -0.310 e. The van der Waals surface area contributed by atoms with E-state index in [-0.39, 0.29) is 0 Å². The molecule has 0 aliphatic rings. The first kappa shape index (κ1) is 32.2. The van der Waals surface area contributed by atoms with Crippen molar-refractivity contribution in [2.24, 2.45) is 0 Å². The van der Waals surface area contributed by atoms with Crippen molar-refractivity contribution in [3.8, 4) is 17.1 Å². The summed E-state index contributed by atoms with van der Waals surface area (Å²) in [5.74, 6) is 0.714. The van der Waals surface area contributed by atoms with Gasteiger partial charge < -0.3 is 14.4 Å². The number of fused-ring (bicyclic) bond motifs is 4. The van der Waals surface area contributed by atoms with Crippen LogP contribution in [0.15, 0.2) is 212 Å². The van der Waals surface area contributed by atoms with Gasteiger partial charge in [0.2, 0.25) is 0 Å². The second-order valence-electron chi connectivity index (χ2n) is 13.6. The van der Waals surface area contributed by atoms with E-state index in [1.54, 1.807) is 0 Å². The number of hydrogen-bond donors (Lipinski definition) is 0. The molecular formula is C50H35N5. The lowest BCUT2D eigenvalue weighted by atomic mass is 10.1. The van der Waals surface area contributed by atoms with E-state index < -0.39 is 0 Å². The maximum absolute atomic E-state index is 4.86. The molecule has 0 saturated carbocycles. The smallest absolute Gasteiger partial charge is 0.159 e. The largest absolute Gasteiger partial charge is 0.310 e. The first-order valence-corrected chi connectivity index (χ1v) is 18.5. The van der Waals surface area contributed by atoms with Crippen molar-refractivity contribution in [2.45, 2.75) is 0 Å². The van der Waals surface area contributed by atoms with E-state index in [0.717, 1.165) is 78.1 Å². The highest BCUT2D eigenvalue weighted by atomic mass is 15.1. The Morgan fingerprint density at radius 1 is 0.382 bits per heavy atom. The maximum atomic E-state index is 4.86. The predicted octanol–water partition coefficient (Wildman–Crippen LogP) is 13.3. The summed E-state index contributed by atoms with van der Waals surface area (Å²) in [6.07, 6.45) is 1.90. The normalized spacial score (nSPS) is 11.3. The molecule has 0 bridgehead atoms. The highest BCUT2D eigenvalue weighted by Crippen LogP contribution is 2.42. The third-order valence-corrected chi connectivity index (χ3v) is 10.2. The highest BCUT2D eigenvalue weighted by molar-refractivity contribution is 6.12. The number of para-hydroxylation sites is 5. The quantitative estimate of drug-likeness (QED) is 0.158. The van der Waals surface area contributed by atoms with Crippen LogP contribution in [-0.2, 0) is 0 Å². The second-order valence-corrected chi connectivity index (χ2v) is 13.6. The van der Waals surface area contributed by atoms with E-state index in [1.807, 2.05) is 30.5 Å². The maximum Gasteiger partial charge on any atom is 0.159 e. The molecule has 260 valence electrons. The fourth-order valence-corrected chi connectivity index (χ4v) is 7.63.